The first-order valence-corrected chi connectivity index (χ1v) is 8.18. The smallest absolute Gasteiger partial charge is 0.289 e. The van der Waals surface area contributed by atoms with Crippen LogP contribution in [-0.4, -0.2) is 37.0 Å². The topological polar surface area (TPSA) is 62.6 Å². The quantitative estimate of drug-likeness (QED) is 0.870. The van der Waals surface area contributed by atoms with Crippen LogP contribution in [0.5, 0.6) is 0 Å². The minimum atomic E-state index is -0.241. The molecule has 2 fully saturated rings. The van der Waals surface area contributed by atoms with E-state index in [9.17, 15) is 9.59 Å². The molecular weight excluding hydrogens is 316 g/mol. The molecule has 3 heterocycles. The lowest BCUT2D eigenvalue weighted by Gasteiger charge is -2.52. The molecule has 0 bridgehead atoms. The van der Waals surface area contributed by atoms with Crippen molar-refractivity contribution in [2.45, 2.75) is 12.8 Å². The maximum absolute atomic E-state index is 12.6. The second kappa shape index (κ2) is 5.35. The van der Waals surface area contributed by atoms with Crippen molar-refractivity contribution in [1.82, 2.24) is 10.2 Å². The second-order valence-corrected chi connectivity index (χ2v) is 6.96. The number of halogens is 1. The Hall–Kier alpha value is -1.85. The highest BCUT2D eigenvalue weighted by Gasteiger charge is 2.46. The molecule has 0 atom stereocenters. The SMILES string of the molecule is O=C(c1cc(=O)c2cc(Cl)ccc2o1)N1CC2(CCNCC2)C1. The molecule has 1 aromatic heterocycles. The van der Waals surface area contributed by atoms with Crippen molar-refractivity contribution in [2.75, 3.05) is 26.2 Å². The number of hydrogen-bond donors (Lipinski definition) is 1. The number of amides is 1. The lowest BCUT2D eigenvalue weighted by molar-refractivity contribution is -0.0132. The number of carbonyl (C=O) groups excluding carboxylic acids is 1. The van der Waals surface area contributed by atoms with E-state index in [0.29, 0.717) is 16.0 Å². The van der Waals surface area contributed by atoms with E-state index in [0.717, 1.165) is 39.0 Å². The Morgan fingerprint density at radius 2 is 1.96 bits per heavy atom. The first kappa shape index (κ1) is 14.7. The zero-order chi connectivity index (χ0) is 16.0. The Labute approximate surface area is 138 Å². The maximum Gasteiger partial charge on any atom is 0.289 e. The van der Waals surface area contributed by atoms with Gasteiger partial charge in [0, 0.05) is 29.6 Å². The lowest BCUT2D eigenvalue weighted by atomic mass is 9.72. The van der Waals surface area contributed by atoms with Gasteiger partial charge in [-0.15, -0.1) is 0 Å². The molecule has 2 aliphatic heterocycles. The standard InChI is InChI=1S/C17H17ClN2O3/c18-11-1-2-14-12(7-11)13(21)8-15(23-14)16(22)20-9-17(10-20)3-5-19-6-4-17/h1-2,7-8,19H,3-6,9-10H2. The predicted octanol–water partition coefficient (Wildman–Crippen LogP) is 2.27. The third-order valence-electron chi connectivity index (χ3n) is 4.90. The third kappa shape index (κ3) is 2.54. The summed E-state index contributed by atoms with van der Waals surface area (Å²) in [5.74, 6) is -0.100. The van der Waals surface area contributed by atoms with Gasteiger partial charge in [-0.25, -0.2) is 0 Å². The summed E-state index contributed by atoms with van der Waals surface area (Å²) in [4.78, 5) is 26.5. The predicted molar refractivity (Wildman–Crippen MR) is 87.9 cm³/mol. The largest absolute Gasteiger partial charge is 0.451 e. The van der Waals surface area contributed by atoms with E-state index in [1.807, 2.05) is 0 Å². The van der Waals surface area contributed by atoms with Crippen molar-refractivity contribution in [3.8, 4) is 0 Å². The van der Waals surface area contributed by atoms with Gasteiger partial charge in [-0.05, 0) is 44.1 Å². The first-order chi connectivity index (χ1) is 11.1. The molecule has 23 heavy (non-hydrogen) atoms. The Balaban J connectivity index is 1.59. The van der Waals surface area contributed by atoms with Crippen LogP contribution in [0.2, 0.25) is 5.02 Å². The highest BCUT2D eigenvalue weighted by Crippen LogP contribution is 2.39. The van der Waals surface area contributed by atoms with E-state index in [-0.39, 0.29) is 22.5 Å². The molecule has 6 heteroatoms. The minimum absolute atomic E-state index is 0.105. The van der Waals surface area contributed by atoms with Gasteiger partial charge in [0.1, 0.15) is 5.58 Å². The van der Waals surface area contributed by atoms with E-state index >= 15 is 0 Å². The molecule has 1 amide bonds. The van der Waals surface area contributed by atoms with E-state index in [4.69, 9.17) is 16.0 Å². The highest BCUT2D eigenvalue weighted by atomic mass is 35.5. The molecule has 2 aromatic rings. The van der Waals surface area contributed by atoms with E-state index < -0.39 is 0 Å². The second-order valence-electron chi connectivity index (χ2n) is 6.53. The number of rotatable bonds is 1. The summed E-state index contributed by atoms with van der Waals surface area (Å²) in [5.41, 5.74) is 0.405. The van der Waals surface area contributed by atoms with Crippen LogP contribution >= 0.6 is 11.6 Å². The van der Waals surface area contributed by atoms with Crippen molar-refractivity contribution in [2.24, 2.45) is 5.41 Å². The molecule has 2 aliphatic rings. The number of benzene rings is 1. The van der Waals surface area contributed by atoms with Crippen LogP contribution in [0.15, 0.2) is 33.5 Å². The average Bonchev–Trinajstić information content (AvgIpc) is 2.53. The third-order valence-corrected chi connectivity index (χ3v) is 5.14. The number of fused-ring (bicyclic) bond motifs is 1. The number of nitrogens with zero attached hydrogens (tertiary/aromatic N) is 1. The summed E-state index contributed by atoms with van der Waals surface area (Å²) in [7, 11) is 0. The Bertz CT molecular complexity index is 831. The summed E-state index contributed by atoms with van der Waals surface area (Å²) < 4.78 is 5.63. The van der Waals surface area contributed by atoms with Crippen LogP contribution in [0, 0.1) is 5.41 Å². The van der Waals surface area contributed by atoms with Gasteiger partial charge in [-0.2, -0.15) is 0 Å². The van der Waals surface area contributed by atoms with Gasteiger partial charge >= 0.3 is 0 Å². The van der Waals surface area contributed by atoms with Gasteiger partial charge in [-0.1, -0.05) is 11.6 Å². The molecule has 0 saturated carbocycles. The molecule has 1 N–H and O–H groups in total. The van der Waals surface area contributed by atoms with Crippen LogP contribution < -0.4 is 10.7 Å². The van der Waals surface area contributed by atoms with Crippen LogP contribution in [0.1, 0.15) is 23.4 Å². The summed E-state index contributed by atoms with van der Waals surface area (Å²) in [6.45, 7) is 3.51. The normalized spacial score (nSPS) is 19.8. The van der Waals surface area contributed by atoms with Gasteiger partial charge in [0.05, 0.1) is 5.39 Å². The molecule has 1 spiro atoms. The monoisotopic (exact) mass is 332 g/mol. The molecule has 2 saturated heterocycles. The molecule has 0 unspecified atom stereocenters. The minimum Gasteiger partial charge on any atom is -0.451 e. The maximum atomic E-state index is 12.6. The first-order valence-electron chi connectivity index (χ1n) is 7.80. The summed E-state index contributed by atoms with van der Waals surface area (Å²) >= 11 is 5.90. The highest BCUT2D eigenvalue weighted by molar-refractivity contribution is 6.31. The molecule has 0 aliphatic carbocycles. The van der Waals surface area contributed by atoms with E-state index in [1.165, 1.54) is 6.07 Å². The molecule has 120 valence electrons. The van der Waals surface area contributed by atoms with E-state index in [1.54, 1.807) is 23.1 Å². The number of nitrogens with one attached hydrogen (secondary N) is 1. The van der Waals surface area contributed by atoms with Crippen LogP contribution in [-0.2, 0) is 0 Å². The average molecular weight is 333 g/mol. The summed E-state index contributed by atoms with van der Waals surface area (Å²) in [6.07, 6.45) is 2.19. The Morgan fingerprint density at radius 1 is 1.22 bits per heavy atom. The van der Waals surface area contributed by atoms with E-state index in [2.05, 4.69) is 5.32 Å². The Kier molecular flexibility index (Phi) is 3.43. The fourth-order valence-corrected chi connectivity index (χ4v) is 3.74. The number of carbonyl (C=O) groups is 1. The number of piperidine rings is 1. The molecule has 1 aromatic carbocycles. The van der Waals surface area contributed by atoms with Crippen molar-refractivity contribution < 1.29 is 9.21 Å². The molecule has 5 nitrogen and oxygen atoms in total. The van der Waals surface area contributed by atoms with Gasteiger partial charge < -0.3 is 14.6 Å². The van der Waals surface area contributed by atoms with Gasteiger partial charge in [0.15, 0.2) is 11.2 Å². The zero-order valence-electron chi connectivity index (χ0n) is 12.6. The fraction of sp³-hybridized carbons (Fsp3) is 0.412. The zero-order valence-corrected chi connectivity index (χ0v) is 13.4. The fourth-order valence-electron chi connectivity index (χ4n) is 3.57. The number of hydrogen-bond acceptors (Lipinski definition) is 4. The van der Waals surface area contributed by atoms with Crippen LogP contribution in [0.3, 0.4) is 0 Å². The van der Waals surface area contributed by atoms with Crippen LogP contribution in [0.25, 0.3) is 11.0 Å². The van der Waals surface area contributed by atoms with Crippen LogP contribution in [0.4, 0.5) is 0 Å². The van der Waals surface area contributed by atoms with Gasteiger partial charge in [0.2, 0.25) is 0 Å². The summed E-state index contributed by atoms with van der Waals surface area (Å²) in [5, 5.41) is 4.21. The van der Waals surface area contributed by atoms with Crippen molar-refractivity contribution >= 4 is 28.5 Å². The summed E-state index contributed by atoms with van der Waals surface area (Å²) in [6, 6.07) is 6.11. The van der Waals surface area contributed by atoms with Gasteiger partial charge in [-0.3, -0.25) is 9.59 Å². The Morgan fingerprint density at radius 3 is 2.70 bits per heavy atom. The molecular formula is C17H17ClN2O3. The number of likely N-dealkylation sites (tertiary alicyclic amines) is 1. The lowest BCUT2D eigenvalue weighted by Crippen LogP contribution is -2.61. The van der Waals surface area contributed by atoms with Gasteiger partial charge in [0.25, 0.3) is 5.91 Å². The van der Waals surface area contributed by atoms with Crippen molar-refractivity contribution in [1.29, 1.82) is 0 Å². The molecule has 0 radical (unpaired) electrons. The van der Waals surface area contributed by atoms with Crippen molar-refractivity contribution in [3.63, 3.8) is 0 Å². The van der Waals surface area contributed by atoms with Crippen molar-refractivity contribution in [3.05, 3.63) is 45.3 Å². The molecule has 4 rings (SSSR count).